The van der Waals surface area contributed by atoms with Crippen molar-refractivity contribution in [1.29, 1.82) is 0 Å². The van der Waals surface area contributed by atoms with Gasteiger partial charge >= 0.3 is 0 Å². The Balaban J connectivity index is 2.36. The van der Waals surface area contributed by atoms with E-state index in [-0.39, 0.29) is 23.8 Å². The third-order valence-electron chi connectivity index (χ3n) is 2.26. The van der Waals surface area contributed by atoms with Gasteiger partial charge < -0.3 is 20.3 Å². The molecule has 1 aromatic carbocycles. The second-order valence-electron chi connectivity index (χ2n) is 3.63. The minimum Gasteiger partial charge on any atom is -0.504 e. The Morgan fingerprint density at radius 2 is 2.06 bits per heavy atom. The van der Waals surface area contributed by atoms with Crippen molar-refractivity contribution in [2.75, 3.05) is 6.54 Å². The molecule has 5 nitrogen and oxygen atoms in total. The molecule has 0 spiro atoms. The van der Waals surface area contributed by atoms with Crippen molar-refractivity contribution in [2.24, 2.45) is 0 Å². The average molecular weight is 237 g/mol. The zero-order valence-electron chi connectivity index (χ0n) is 9.35. The van der Waals surface area contributed by atoms with Gasteiger partial charge in [0.2, 0.25) is 5.91 Å². The molecule has 1 rings (SSSR count). The lowest BCUT2D eigenvalue weighted by atomic mass is 10.1. The van der Waals surface area contributed by atoms with Crippen LogP contribution in [0.3, 0.4) is 0 Å². The average Bonchev–Trinajstić information content (AvgIpc) is 2.31. The normalized spacial score (nSPS) is 9.88. The number of nitrogens with one attached hydrogen (secondary N) is 1. The highest BCUT2D eigenvalue weighted by atomic mass is 16.3. The maximum absolute atomic E-state index is 11.3. The van der Waals surface area contributed by atoms with Gasteiger partial charge in [-0.25, -0.2) is 0 Å². The van der Waals surface area contributed by atoms with Gasteiger partial charge in [0, 0.05) is 19.4 Å². The van der Waals surface area contributed by atoms with E-state index in [1.807, 2.05) is 0 Å². The first kappa shape index (κ1) is 13.0. The van der Waals surface area contributed by atoms with Crippen molar-refractivity contribution in [1.82, 2.24) is 5.32 Å². The Morgan fingerprint density at radius 3 is 2.71 bits per heavy atom. The maximum atomic E-state index is 11.3. The van der Waals surface area contributed by atoms with Crippen LogP contribution in [0.1, 0.15) is 18.4 Å². The van der Waals surface area contributed by atoms with Gasteiger partial charge in [0.05, 0.1) is 0 Å². The van der Waals surface area contributed by atoms with E-state index in [0.29, 0.717) is 19.4 Å². The number of phenols is 2. The Morgan fingerprint density at radius 1 is 1.29 bits per heavy atom. The first-order valence-corrected chi connectivity index (χ1v) is 5.34. The molecule has 0 aliphatic carbocycles. The van der Waals surface area contributed by atoms with Crippen LogP contribution < -0.4 is 5.32 Å². The molecule has 0 aromatic heterocycles. The Labute approximate surface area is 99.1 Å². The summed E-state index contributed by atoms with van der Waals surface area (Å²) in [5.41, 5.74) is 0.769. The van der Waals surface area contributed by atoms with Crippen LogP contribution in [0.4, 0.5) is 0 Å². The first-order valence-electron chi connectivity index (χ1n) is 5.34. The zero-order chi connectivity index (χ0) is 12.7. The molecule has 92 valence electrons. The van der Waals surface area contributed by atoms with Gasteiger partial charge in [-0.05, 0) is 24.1 Å². The van der Waals surface area contributed by atoms with Crippen LogP contribution in [-0.4, -0.2) is 29.0 Å². The molecule has 3 N–H and O–H groups in total. The standard InChI is InChI=1S/C12H15NO4/c14-7-1-6-13-12(17)5-3-9-2-4-10(15)11(16)8-9/h2,4,7-8,15-16H,1,3,5-6H2,(H,13,17). The highest BCUT2D eigenvalue weighted by Crippen LogP contribution is 2.25. The number of amides is 1. The van der Waals surface area contributed by atoms with Crippen molar-refractivity contribution in [3.8, 4) is 11.5 Å². The second-order valence-corrected chi connectivity index (χ2v) is 3.63. The number of rotatable bonds is 6. The lowest BCUT2D eigenvalue weighted by molar-refractivity contribution is -0.121. The highest BCUT2D eigenvalue weighted by molar-refractivity contribution is 5.76. The van der Waals surface area contributed by atoms with Crippen LogP contribution in [0, 0.1) is 0 Å². The van der Waals surface area contributed by atoms with E-state index in [2.05, 4.69) is 5.32 Å². The van der Waals surface area contributed by atoms with Crippen LogP contribution >= 0.6 is 0 Å². The monoisotopic (exact) mass is 237 g/mol. The van der Waals surface area contributed by atoms with Gasteiger partial charge in [-0.2, -0.15) is 0 Å². The van der Waals surface area contributed by atoms with Crippen LogP contribution in [0.2, 0.25) is 0 Å². The van der Waals surface area contributed by atoms with Crippen molar-refractivity contribution in [3.63, 3.8) is 0 Å². The van der Waals surface area contributed by atoms with E-state index in [1.165, 1.54) is 12.1 Å². The number of aryl methyl sites for hydroxylation is 1. The lowest BCUT2D eigenvalue weighted by Gasteiger charge is -2.04. The van der Waals surface area contributed by atoms with Crippen molar-refractivity contribution in [3.05, 3.63) is 23.8 Å². The molecule has 0 aliphatic rings. The molecule has 17 heavy (non-hydrogen) atoms. The molecule has 0 heterocycles. The lowest BCUT2D eigenvalue weighted by Crippen LogP contribution is -2.24. The quantitative estimate of drug-likeness (QED) is 0.387. The molecule has 5 heteroatoms. The zero-order valence-corrected chi connectivity index (χ0v) is 9.35. The summed E-state index contributed by atoms with van der Waals surface area (Å²) >= 11 is 0. The fourth-order valence-electron chi connectivity index (χ4n) is 1.34. The Bertz CT molecular complexity index is 403. The van der Waals surface area contributed by atoms with Crippen molar-refractivity contribution < 1.29 is 19.8 Å². The van der Waals surface area contributed by atoms with E-state index in [9.17, 15) is 14.7 Å². The van der Waals surface area contributed by atoms with Crippen LogP contribution in [0.15, 0.2) is 18.2 Å². The summed E-state index contributed by atoms with van der Waals surface area (Å²) in [6.45, 7) is 0.350. The SMILES string of the molecule is O=CCCNC(=O)CCc1ccc(O)c(O)c1. The summed E-state index contributed by atoms with van der Waals surface area (Å²) in [6.07, 6.45) is 1.81. The largest absolute Gasteiger partial charge is 0.504 e. The maximum Gasteiger partial charge on any atom is 0.220 e. The molecule has 0 saturated heterocycles. The molecule has 0 bridgehead atoms. The van der Waals surface area contributed by atoms with Gasteiger partial charge in [0.25, 0.3) is 0 Å². The number of aldehydes is 1. The number of hydrogen-bond donors (Lipinski definition) is 3. The fourth-order valence-corrected chi connectivity index (χ4v) is 1.34. The van der Waals surface area contributed by atoms with Crippen molar-refractivity contribution >= 4 is 12.2 Å². The van der Waals surface area contributed by atoms with Crippen LogP contribution in [0.25, 0.3) is 0 Å². The van der Waals surface area contributed by atoms with Gasteiger partial charge in [0.15, 0.2) is 11.5 Å². The summed E-state index contributed by atoms with van der Waals surface area (Å²) in [4.78, 5) is 21.3. The summed E-state index contributed by atoms with van der Waals surface area (Å²) in [7, 11) is 0. The highest BCUT2D eigenvalue weighted by Gasteiger charge is 2.04. The van der Waals surface area contributed by atoms with Crippen LogP contribution in [0.5, 0.6) is 11.5 Å². The third-order valence-corrected chi connectivity index (χ3v) is 2.26. The number of phenolic OH excluding ortho intramolecular Hbond substituents is 2. The molecule has 0 unspecified atom stereocenters. The van der Waals surface area contributed by atoms with Crippen LogP contribution in [-0.2, 0) is 16.0 Å². The number of carbonyl (C=O) groups excluding carboxylic acids is 2. The van der Waals surface area contributed by atoms with Gasteiger partial charge in [-0.1, -0.05) is 6.07 Å². The van der Waals surface area contributed by atoms with Gasteiger partial charge in [-0.3, -0.25) is 4.79 Å². The molecule has 0 fully saturated rings. The fraction of sp³-hybridized carbons (Fsp3) is 0.333. The second kappa shape index (κ2) is 6.52. The predicted octanol–water partition coefficient (Wildman–Crippen LogP) is 0.736. The summed E-state index contributed by atoms with van der Waals surface area (Å²) < 4.78 is 0. The third kappa shape index (κ3) is 4.55. The van der Waals surface area contributed by atoms with E-state index < -0.39 is 0 Å². The molecular formula is C12H15NO4. The van der Waals surface area contributed by atoms with Gasteiger partial charge in [-0.15, -0.1) is 0 Å². The van der Waals surface area contributed by atoms with E-state index in [1.54, 1.807) is 6.07 Å². The van der Waals surface area contributed by atoms with Gasteiger partial charge in [0.1, 0.15) is 6.29 Å². The Kier molecular flexibility index (Phi) is 5.00. The summed E-state index contributed by atoms with van der Waals surface area (Å²) in [5, 5.41) is 20.9. The minimum atomic E-state index is -0.191. The molecule has 0 aliphatic heterocycles. The summed E-state index contributed by atoms with van der Waals surface area (Å²) in [5.74, 6) is -0.507. The van der Waals surface area contributed by atoms with E-state index in [0.717, 1.165) is 11.8 Å². The smallest absolute Gasteiger partial charge is 0.220 e. The van der Waals surface area contributed by atoms with E-state index >= 15 is 0 Å². The molecule has 0 atom stereocenters. The summed E-state index contributed by atoms with van der Waals surface area (Å²) in [6, 6.07) is 4.46. The number of carbonyl (C=O) groups is 2. The molecule has 0 radical (unpaired) electrons. The first-order chi connectivity index (χ1) is 8.13. The number of benzene rings is 1. The number of hydrogen-bond acceptors (Lipinski definition) is 4. The molecule has 0 saturated carbocycles. The van der Waals surface area contributed by atoms with E-state index in [4.69, 9.17) is 5.11 Å². The minimum absolute atomic E-state index is 0.139. The molecule has 1 aromatic rings. The molecular weight excluding hydrogens is 222 g/mol. The predicted molar refractivity (Wildman–Crippen MR) is 61.8 cm³/mol. The Hall–Kier alpha value is -2.04. The topological polar surface area (TPSA) is 86.6 Å². The van der Waals surface area contributed by atoms with Crippen molar-refractivity contribution in [2.45, 2.75) is 19.3 Å². The molecule has 1 amide bonds. The number of aromatic hydroxyl groups is 2.